The molecule has 2 saturated heterocycles. The van der Waals surface area contributed by atoms with Gasteiger partial charge in [0.25, 0.3) is 5.56 Å². The van der Waals surface area contributed by atoms with E-state index in [9.17, 15) is 4.79 Å². The summed E-state index contributed by atoms with van der Waals surface area (Å²) in [6.07, 6.45) is 1.72. The molecule has 5 aromatic rings. The van der Waals surface area contributed by atoms with Gasteiger partial charge in [-0.2, -0.15) is 4.98 Å². The molecule has 2 fully saturated rings. The minimum Gasteiger partial charge on any atom is -0.378 e. The van der Waals surface area contributed by atoms with E-state index in [4.69, 9.17) is 14.5 Å². The number of anilines is 4. The van der Waals surface area contributed by atoms with Crippen LogP contribution in [0.1, 0.15) is 0 Å². The van der Waals surface area contributed by atoms with Crippen molar-refractivity contribution in [3.05, 3.63) is 65.1 Å². The fraction of sp³-hybridized carbons (Fsp3) is 0.321. The lowest BCUT2D eigenvalue weighted by Gasteiger charge is -2.33. The number of aromatic nitrogens is 4. The van der Waals surface area contributed by atoms with E-state index in [1.54, 1.807) is 17.8 Å². The highest BCUT2D eigenvalue weighted by Crippen LogP contribution is 2.31. The van der Waals surface area contributed by atoms with Crippen LogP contribution in [-0.2, 0) is 16.5 Å². The van der Waals surface area contributed by atoms with Crippen LogP contribution in [0.3, 0.4) is 0 Å². The van der Waals surface area contributed by atoms with Gasteiger partial charge in [-0.25, -0.2) is 4.98 Å². The predicted octanol–water partition coefficient (Wildman–Crippen LogP) is 3.15. The van der Waals surface area contributed by atoms with Crippen molar-refractivity contribution in [1.82, 2.24) is 18.9 Å². The number of rotatable bonds is 4. The maximum absolute atomic E-state index is 13.1. The average molecular weight is 512 g/mol. The van der Waals surface area contributed by atoms with Crippen molar-refractivity contribution in [2.75, 3.05) is 67.7 Å². The second kappa shape index (κ2) is 9.30. The molecule has 0 unspecified atom stereocenters. The number of aryl methyl sites for hydroxylation is 1. The summed E-state index contributed by atoms with van der Waals surface area (Å²) >= 11 is 0. The van der Waals surface area contributed by atoms with Crippen LogP contribution in [0.4, 0.5) is 23.0 Å². The molecular formula is C28H29N7O3. The Bertz CT molecular complexity index is 1680. The first-order valence-corrected chi connectivity index (χ1v) is 13.0. The molecular weight excluding hydrogens is 482 g/mol. The molecule has 0 spiro atoms. The summed E-state index contributed by atoms with van der Waals surface area (Å²) in [5.41, 5.74) is 6.00. The number of morpholine rings is 2. The number of nitrogens with zero attached hydrogens (tertiary/aromatic N) is 6. The third-order valence-corrected chi connectivity index (χ3v) is 7.47. The van der Waals surface area contributed by atoms with Crippen molar-refractivity contribution in [1.29, 1.82) is 0 Å². The molecule has 0 amide bonds. The molecule has 10 heteroatoms. The zero-order valence-corrected chi connectivity index (χ0v) is 21.3. The van der Waals surface area contributed by atoms with E-state index in [-0.39, 0.29) is 5.56 Å². The number of benzene rings is 2. The Morgan fingerprint density at radius 1 is 0.816 bits per heavy atom. The monoisotopic (exact) mass is 511 g/mol. The minimum atomic E-state index is -0.0774. The molecule has 0 saturated carbocycles. The molecule has 3 aromatic heterocycles. The van der Waals surface area contributed by atoms with Crippen LogP contribution >= 0.6 is 0 Å². The summed E-state index contributed by atoms with van der Waals surface area (Å²) in [5, 5.41) is 4.45. The molecule has 2 aliphatic heterocycles. The maximum atomic E-state index is 13.1. The van der Waals surface area contributed by atoms with Gasteiger partial charge in [-0.1, -0.05) is 18.2 Å². The van der Waals surface area contributed by atoms with Gasteiger partial charge in [0.05, 0.1) is 38.1 Å². The van der Waals surface area contributed by atoms with Gasteiger partial charge < -0.3 is 29.2 Å². The SMILES string of the molecule is Cn1c(=O)c2cc3ccccc3n2c2nc(Nc3cc(N4CCOCC4)cc(N4CCOCC4)c3)ncc21. The Kier molecular flexibility index (Phi) is 5.63. The van der Waals surface area contributed by atoms with Crippen molar-refractivity contribution in [2.45, 2.75) is 0 Å². The fourth-order valence-corrected chi connectivity index (χ4v) is 5.45. The average Bonchev–Trinajstić information content (AvgIpc) is 3.37. The van der Waals surface area contributed by atoms with Gasteiger partial charge >= 0.3 is 0 Å². The molecule has 194 valence electrons. The second-order valence-electron chi connectivity index (χ2n) is 9.75. The standard InChI is InChI=1S/C28H29N7O3/c1-32-25-18-29-28(31-26(25)35-23-5-3-2-4-19(23)14-24(35)27(32)36)30-20-15-21(33-6-10-37-11-7-33)17-22(16-20)34-8-12-38-13-9-34/h2-5,14-18H,6-13H2,1H3,(H,29,30,31). The van der Waals surface area contributed by atoms with Gasteiger partial charge in [0.1, 0.15) is 11.0 Å². The Morgan fingerprint density at radius 2 is 1.47 bits per heavy atom. The number of nitrogens with one attached hydrogen (secondary N) is 1. The summed E-state index contributed by atoms with van der Waals surface area (Å²) in [4.78, 5) is 27.3. The van der Waals surface area contributed by atoms with Gasteiger partial charge in [0.15, 0.2) is 5.65 Å². The first-order valence-electron chi connectivity index (χ1n) is 13.0. The summed E-state index contributed by atoms with van der Waals surface area (Å²) in [7, 11) is 1.76. The van der Waals surface area contributed by atoms with E-state index in [0.29, 0.717) is 22.6 Å². The largest absolute Gasteiger partial charge is 0.378 e. The molecule has 0 atom stereocenters. The smallest absolute Gasteiger partial charge is 0.275 e. The van der Waals surface area contributed by atoms with E-state index in [0.717, 1.165) is 80.6 Å². The third-order valence-electron chi connectivity index (χ3n) is 7.47. The third kappa shape index (κ3) is 3.93. The van der Waals surface area contributed by atoms with Gasteiger partial charge in [-0.3, -0.25) is 9.20 Å². The highest BCUT2D eigenvalue weighted by molar-refractivity contribution is 5.92. The van der Waals surface area contributed by atoms with E-state index in [1.807, 2.05) is 34.7 Å². The molecule has 0 bridgehead atoms. The van der Waals surface area contributed by atoms with Gasteiger partial charge in [0.2, 0.25) is 5.95 Å². The zero-order valence-electron chi connectivity index (χ0n) is 21.3. The Labute approximate surface area is 219 Å². The quantitative estimate of drug-likeness (QED) is 0.394. The van der Waals surface area contributed by atoms with Crippen LogP contribution < -0.4 is 20.7 Å². The van der Waals surface area contributed by atoms with Crippen molar-refractivity contribution in [3.63, 3.8) is 0 Å². The van der Waals surface area contributed by atoms with Crippen LogP contribution in [0, 0.1) is 0 Å². The van der Waals surface area contributed by atoms with Crippen LogP contribution in [0.25, 0.3) is 27.6 Å². The molecule has 2 aromatic carbocycles. The Morgan fingerprint density at radius 3 is 2.16 bits per heavy atom. The van der Waals surface area contributed by atoms with Crippen molar-refractivity contribution in [2.24, 2.45) is 7.05 Å². The molecule has 7 rings (SSSR count). The van der Waals surface area contributed by atoms with E-state index < -0.39 is 0 Å². The van der Waals surface area contributed by atoms with Crippen molar-refractivity contribution >= 4 is 50.6 Å². The van der Waals surface area contributed by atoms with E-state index in [2.05, 4.69) is 38.3 Å². The summed E-state index contributed by atoms with van der Waals surface area (Å²) < 4.78 is 14.7. The lowest BCUT2D eigenvalue weighted by Crippen LogP contribution is -2.38. The predicted molar refractivity (Wildman–Crippen MR) is 149 cm³/mol. The summed E-state index contributed by atoms with van der Waals surface area (Å²) in [6, 6.07) is 16.4. The lowest BCUT2D eigenvalue weighted by molar-refractivity contribution is 0.122. The molecule has 2 aliphatic rings. The van der Waals surface area contributed by atoms with Crippen molar-refractivity contribution in [3.8, 4) is 0 Å². The normalized spacial score (nSPS) is 16.6. The summed E-state index contributed by atoms with van der Waals surface area (Å²) in [5.74, 6) is 0.474. The number of fused-ring (bicyclic) bond motifs is 5. The number of hydrogen-bond acceptors (Lipinski definition) is 8. The zero-order chi connectivity index (χ0) is 25.6. The van der Waals surface area contributed by atoms with Crippen LogP contribution in [0.2, 0.25) is 0 Å². The first-order chi connectivity index (χ1) is 18.7. The number of hydrogen-bond donors (Lipinski definition) is 1. The summed E-state index contributed by atoms with van der Waals surface area (Å²) in [6.45, 7) is 6.29. The van der Waals surface area contributed by atoms with Crippen LogP contribution in [0.15, 0.2) is 59.5 Å². The highest BCUT2D eigenvalue weighted by Gasteiger charge is 2.19. The second-order valence-corrected chi connectivity index (χ2v) is 9.75. The van der Waals surface area contributed by atoms with Crippen LogP contribution in [0.5, 0.6) is 0 Å². The lowest BCUT2D eigenvalue weighted by atomic mass is 10.2. The number of ether oxygens (including phenoxy) is 2. The van der Waals surface area contributed by atoms with Gasteiger partial charge in [0, 0.05) is 55.7 Å². The number of para-hydroxylation sites is 1. The first kappa shape index (κ1) is 23.0. The Balaban J connectivity index is 1.34. The van der Waals surface area contributed by atoms with Crippen molar-refractivity contribution < 1.29 is 9.47 Å². The molecule has 38 heavy (non-hydrogen) atoms. The van der Waals surface area contributed by atoms with E-state index >= 15 is 0 Å². The highest BCUT2D eigenvalue weighted by atomic mass is 16.5. The Hall–Kier alpha value is -4.15. The molecule has 10 nitrogen and oxygen atoms in total. The fourth-order valence-electron chi connectivity index (χ4n) is 5.45. The minimum absolute atomic E-state index is 0.0774. The van der Waals surface area contributed by atoms with E-state index in [1.165, 1.54) is 0 Å². The molecule has 0 aliphatic carbocycles. The maximum Gasteiger partial charge on any atom is 0.275 e. The molecule has 1 N–H and O–H groups in total. The topological polar surface area (TPSA) is 89.2 Å². The molecule has 5 heterocycles. The van der Waals surface area contributed by atoms with Gasteiger partial charge in [-0.05, 0) is 30.3 Å². The molecule has 0 radical (unpaired) electrons. The van der Waals surface area contributed by atoms with Crippen LogP contribution in [-0.4, -0.2) is 71.5 Å². The van der Waals surface area contributed by atoms with Gasteiger partial charge in [-0.15, -0.1) is 0 Å².